The summed E-state index contributed by atoms with van der Waals surface area (Å²) < 4.78 is 5.91. The number of carbonyl (C=O) groups excluding carboxylic acids is 2. The maximum atomic E-state index is 13.3. The number of furan rings is 1. The fraction of sp³-hybridized carbons (Fsp3) is 0.727. The van der Waals surface area contributed by atoms with Crippen molar-refractivity contribution in [2.24, 2.45) is 0 Å². The van der Waals surface area contributed by atoms with Crippen LogP contribution in [0.25, 0.3) is 0 Å². The largest absolute Gasteiger partial charge is 0.464 e. The Morgan fingerprint density at radius 3 is 2.68 bits per heavy atom. The summed E-state index contributed by atoms with van der Waals surface area (Å²) in [4.78, 5) is 31.5. The number of carbonyl (C=O) groups is 2. The molecule has 6 heteroatoms. The third kappa shape index (κ3) is 4.77. The first-order valence-electron chi connectivity index (χ1n) is 10.9. The van der Waals surface area contributed by atoms with E-state index in [-0.39, 0.29) is 17.9 Å². The summed E-state index contributed by atoms with van der Waals surface area (Å²) in [6.07, 6.45) is 5.75. The second-order valence-electron chi connectivity index (χ2n) is 8.07. The second kappa shape index (κ2) is 9.59. The number of hydrogen-bond donors (Lipinski definition) is 0. The zero-order valence-electron chi connectivity index (χ0n) is 17.7. The third-order valence-electron chi connectivity index (χ3n) is 6.26. The molecule has 2 aliphatic rings. The minimum atomic E-state index is 0.0875. The number of piperidine rings is 1. The van der Waals surface area contributed by atoms with Gasteiger partial charge >= 0.3 is 0 Å². The number of rotatable bonds is 8. The van der Waals surface area contributed by atoms with Crippen LogP contribution < -0.4 is 0 Å². The highest BCUT2D eigenvalue weighted by molar-refractivity contribution is 5.95. The molecule has 3 rings (SSSR count). The summed E-state index contributed by atoms with van der Waals surface area (Å²) in [5, 5.41) is 0. The predicted molar refractivity (Wildman–Crippen MR) is 109 cm³/mol. The van der Waals surface area contributed by atoms with Gasteiger partial charge in [0.2, 0.25) is 5.91 Å². The molecule has 2 fully saturated rings. The van der Waals surface area contributed by atoms with Gasteiger partial charge in [-0.05, 0) is 58.2 Å². The van der Waals surface area contributed by atoms with Crippen LogP contribution in [0.2, 0.25) is 0 Å². The molecule has 0 unspecified atom stereocenters. The summed E-state index contributed by atoms with van der Waals surface area (Å²) in [6, 6.07) is 2.15. The lowest BCUT2D eigenvalue weighted by atomic mass is 9.98. The monoisotopic (exact) mass is 389 g/mol. The molecule has 0 aromatic carbocycles. The summed E-state index contributed by atoms with van der Waals surface area (Å²) in [5.74, 6) is 1.93. The lowest BCUT2D eigenvalue weighted by Crippen LogP contribution is -2.45. The molecule has 1 aromatic rings. The Morgan fingerprint density at radius 1 is 1.21 bits per heavy atom. The van der Waals surface area contributed by atoms with E-state index < -0.39 is 0 Å². The van der Waals surface area contributed by atoms with Crippen LogP contribution in [0.5, 0.6) is 0 Å². The molecule has 1 aromatic heterocycles. The molecule has 28 heavy (non-hydrogen) atoms. The molecular formula is C22H35N3O3. The highest BCUT2D eigenvalue weighted by atomic mass is 16.3. The summed E-state index contributed by atoms with van der Waals surface area (Å²) in [7, 11) is 0. The zero-order chi connectivity index (χ0) is 20.1. The van der Waals surface area contributed by atoms with Crippen molar-refractivity contribution in [3.8, 4) is 0 Å². The van der Waals surface area contributed by atoms with Gasteiger partial charge < -0.3 is 14.2 Å². The van der Waals surface area contributed by atoms with E-state index in [1.165, 1.54) is 0 Å². The number of likely N-dealkylation sites (tertiary alicyclic amines) is 2. The molecule has 156 valence electrons. The van der Waals surface area contributed by atoms with Crippen molar-refractivity contribution in [2.45, 2.75) is 71.9 Å². The Kier molecular flexibility index (Phi) is 7.16. The normalized spacial score (nSPS) is 20.4. The average Bonchev–Trinajstić information content (AvgIpc) is 3.29. The van der Waals surface area contributed by atoms with E-state index in [0.29, 0.717) is 17.7 Å². The van der Waals surface area contributed by atoms with Crippen molar-refractivity contribution >= 4 is 11.8 Å². The van der Waals surface area contributed by atoms with Crippen LogP contribution in [0.3, 0.4) is 0 Å². The quantitative estimate of drug-likeness (QED) is 0.683. The van der Waals surface area contributed by atoms with Gasteiger partial charge in [-0.2, -0.15) is 0 Å². The topological polar surface area (TPSA) is 57.0 Å². The molecule has 0 bridgehead atoms. The number of nitrogens with zero attached hydrogens (tertiary/aromatic N) is 3. The summed E-state index contributed by atoms with van der Waals surface area (Å²) in [6.45, 7) is 11.3. The first-order chi connectivity index (χ1) is 13.5. The molecular weight excluding hydrogens is 354 g/mol. The van der Waals surface area contributed by atoms with Gasteiger partial charge in [0.1, 0.15) is 11.5 Å². The molecule has 0 saturated carbocycles. The van der Waals surface area contributed by atoms with E-state index in [1.54, 1.807) is 0 Å². The van der Waals surface area contributed by atoms with Gasteiger partial charge in [-0.1, -0.05) is 13.8 Å². The van der Waals surface area contributed by atoms with Gasteiger partial charge in [-0.3, -0.25) is 14.5 Å². The van der Waals surface area contributed by atoms with Crippen molar-refractivity contribution in [1.82, 2.24) is 14.7 Å². The van der Waals surface area contributed by atoms with Crippen LogP contribution >= 0.6 is 0 Å². The van der Waals surface area contributed by atoms with Crippen molar-refractivity contribution < 1.29 is 14.0 Å². The lowest BCUT2D eigenvalue weighted by molar-refractivity contribution is -0.127. The molecule has 0 spiro atoms. The van der Waals surface area contributed by atoms with Crippen LogP contribution in [-0.4, -0.2) is 65.3 Å². The average molecular weight is 390 g/mol. The Morgan fingerprint density at radius 2 is 2.00 bits per heavy atom. The van der Waals surface area contributed by atoms with Gasteiger partial charge in [0, 0.05) is 32.1 Å². The standard InChI is InChI=1S/C22H35N3O3/c1-4-23(5-2)16-19-15-20(17(3)28-19)22(27)25-13-7-6-9-18(25)11-14-24-12-8-10-21(24)26/h15,18H,4-14,16H2,1-3H3/t18-/m0/s1. The van der Waals surface area contributed by atoms with Gasteiger partial charge in [-0.15, -0.1) is 0 Å². The van der Waals surface area contributed by atoms with Gasteiger partial charge in [0.05, 0.1) is 12.1 Å². The fourth-order valence-corrected chi connectivity index (χ4v) is 4.47. The van der Waals surface area contributed by atoms with Crippen molar-refractivity contribution in [1.29, 1.82) is 0 Å². The predicted octanol–water partition coefficient (Wildman–Crippen LogP) is 3.44. The first kappa shape index (κ1) is 20.9. The van der Waals surface area contributed by atoms with Crippen molar-refractivity contribution in [3.05, 3.63) is 23.2 Å². The maximum absolute atomic E-state index is 13.3. The molecule has 6 nitrogen and oxygen atoms in total. The van der Waals surface area contributed by atoms with Gasteiger partial charge in [0.15, 0.2) is 0 Å². The first-order valence-corrected chi connectivity index (χ1v) is 10.9. The van der Waals surface area contributed by atoms with Crippen LogP contribution in [0, 0.1) is 6.92 Å². The summed E-state index contributed by atoms with van der Waals surface area (Å²) in [5.41, 5.74) is 0.700. The van der Waals surface area contributed by atoms with Crippen LogP contribution in [-0.2, 0) is 11.3 Å². The Balaban J connectivity index is 1.66. The van der Waals surface area contributed by atoms with E-state index in [2.05, 4.69) is 18.7 Å². The Labute approximate surface area is 168 Å². The van der Waals surface area contributed by atoms with Crippen LogP contribution in [0.1, 0.15) is 74.3 Å². The molecule has 0 N–H and O–H groups in total. The minimum absolute atomic E-state index is 0.0875. The maximum Gasteiger partial charge on any atom is 0.257 e. The van der Waals surface area contributed by atoms with Crippen molar-refractivity contribution in [2.75, 3.05) is 32.7 Å². The molecule has 2 saturated heterocycles. The van der Waals surface area contributed by atoms with E-state index in [0.717, 1.165) is 77.1 Å². The number of hydrogen-bond acceptors (Lipinski definition) is 4. The van der Waals surface area contributed by atoms with E-state index >= 15 is 0 Å². The van der Waals surface area contributed by atoms with Crippen LogP contribution in [0.15, 0.2) is 10.5 Å². The minimum Gasteiger partial charge on any atom is -0.464 e. The highest BCUT2D eigenvalue weighted by Gasteiger charge is 2.31. The highest BCUT2D eigenvalue weighted by Crippen LogP contribution is 2.26. The third-order valence-corrected chi connectivity index (χ3v) is 6.26. The molecule has 1 atom stereocenters. The lowest BCUT2D eigenvalue weighted by Gasteiger charge is -2.36. The zero-order valence-corrected chi connectivity index (χ0v) is 17.7. The van der Waals surface area contributed by atoms with Crippen molar-refractivity contribution in [3.63, 3.8) is 0 Å². The SMILES string of the molecule is CCN(CC)Cc1cc(C(=O)N2CCCC[C@H]2CCN2CCCC2=O)c(C)o1. The number of aryl methyl sites for hydroxylation is 1. The van der Waals surface area contributed by atoms with Gasteiger partial charge in [-0.25, -0.2) is 0 Å². The molecule has 2 amide bonds. The van der Waals surface area contributed by atoms with Gasteiger partial charge in [0.25, 0.3) is 5.91 Å². The second-order valence-corrected chi connectivity index (χ2v) is 8.07. The molecule has 0 radical (unpaired) electrons. The molecule has 0 aliphatic carbocycles. The fourth-order valence-electron chi connectivity index (χ4n) is 4.47. The van der Waals surface area contributed by atoms with Crippen LogP contribution in [0.4, 0.5) is 0 Å². The Hall–Kier alpha value is -1.82. The smallest absolute Gasteiger partial charge is 0.257 e. The van der Waals surface area contributed by atoms with E-state index in [4.69, 9.17) is 4.42 Å². The molecule has 3 heterocycles. The van der Waals surface area contributed by atoms with E-state index in [9.17, 15) is 9.59 Å². The number of amides is 2. The van der Waals surface area contributed by atoms with E-state index in [1.807, 2.05) is 22.8 Å². The Bertz CT molecular complexity index is 681. The molecule has 2 aliphatic heterocycles. The summed E-state index contributed by atoms with van der Waals surface area (Å²) >= 11 is 0.